The number of phenolic OH excluding ortho intramolecular Hbond substituents is 1. The van der Waals surface area contributed by atoms with E-state index in [0.717, 1.165) is 0 Å². The van der Waals surface area contributed by atoms with Crippen molar-refractivity contribution in [2.24, 2.45) is 0 Å². The quantitative estimate of drug-likeness (QED) is 0.225. The smallest absolute Gasteiger partial charge is 0.744 e. The maximum Gasteiger partial charge on any atom is 2.00 e. The van der Waals surface area contributed by atoms with Crippen molar-refractivity contribution in [3.8, 4) is 5.75 Å². The first-order valence-electron chi connectivity index (χ1n) is 3.48. The van der Waals surface area contributed by atoms with Gasteiger partial charge in [-0.1, -0.05) is 11.6 Å². The second-order valence-electron chi connectivity index (χ2n) is 2.66. The van der Waals surface area contributed by atoms with Gasteiger partial charge in [0.05, 0.1) is 9.79 Å². The fourth-order valence-electron chi connectivity index (χ4n) is 0.931. The zero-order chi connectivity index (χ0) is 12.7. The van der Waals surface area contributed by atoms with Crippen molar-refractivity contribution in [2.75, 3.05) is 0 Å². The summed E-state index contributed by atoms with van der Waals surface area (Å²) < 4.78 is 63.7. The molecule has 0 amide bonds. The molecule has 0 unspecified atom stereocenters. The van der Waals surface area contributed by atoms with E-state index in [1.807, 2.05) is 0 Å². The van der Waals surface area contributed by atoms with Gasteiger partial charge in [-0.05, 0) is 12.1 Å². The Labute approximate surface area is 139 Å². The molecule has 0 spiro atoms. The zero-order valence-electron chi connectivity index (χ0n) is 9.40. The van der Waals surface area contributed by atoms with Crippen LogP contribution in [0.1, 0.15) is 0 Å². The van der Waals surface area contributed by atoms with Gasteiger partial charge in [0.1, 0.15) is 20.2 Å². The molecule has 0 atom stereocenters. The molecule has 0 saturated carbocycles. The number of hydrogen-bond donors (Lipinski definition) is 1. The molecule has 0 aliphatic carbocycles. The summed E-state index contributed by atoms with van der Waals surface area (Å²) >= 11 is 5.32. The van der Waals surface area contributed by atoms with Gasteiger partial charge >= 0.3 is 27.3 Å². The normalized spacial score (nSPS) is 10.2. The standard InChI is InChI=1S/C6H5ClO7S2.3H2O.Pb/c7-3-1-4(15(9,10)11)6(8)5(2-3)16(12,13)14;;;;/h1-2,8H,(H,9,10,11)(H,12,13,14);3*1H2;/q;;;;+2. The Morgan fingerprint density at radius 1 is 0.950 bits per heavy atom. The predicted octanol–water partition coefficient (Wildman–Crippen LogP) is -3.20. The molecular weight excluding hydrogens is 539 g/mol. The van der Waals surface area contributed by atoms with Gasteiger partial charge in [0, 0.05) is 5.02 Å². The van der Waals surface area contributed by atoms with Gasteiger partial charge in [-0.25, -0.2) is 16.8 Å². The Hall–Kier alpha value is -0.0679. The monoisotopic (exact) mass is 550 g/mol. The largest absolute Gasteiger partial charge is 2.00 e. The van der Waals surface area contributed by atoms with Crippen molar-refractivity contribution in [3.05, 3.63) is 17.2 Å². The van der Waals surface area contributed by atoms with Crippen LogP contribution in [-0.2, 0) is 31.2 Å². The molecule has 14 heteroatoms. The van der Waals surface area contributed by atoms with Gasteiger partial charge in [-0.2, -0.15) is 0 Å². The van der Waals surface area contributed by atoms with Crippen molar-refractivity contribution in [1.29, 1.82) is 0 Å². The first-order chi connectivity index (χ1) is 7.03. The number of aromatic hydroxyl groups is 1. The molecule has 1 aromatic carbocycles. The van der Waals surface area contributed by atoms with Gasteiger partial charge in [0.2, 0.25) is 0 Å². The summed E-state index contributed by atoms with van der Waals surface area (Å²) in [7, 11) is -10.3. The molecule has 0 heterocycles. The summed E-state index contributed by atoms with van der Waals surface area (Å²) in [6, 6.07) is 1.10. The van der Waals surface area contributed by atoms with Gasteiger partial charge in [-0.3, -0.25) is 0 Å². The average Bonchev–Trinajstić information content (AvgIpc) is 2.04. The van der Waals surface area contributed by atoms with Crippen LogP contribution < -0.4 is 0 Å². The summed E-state index contributed by atoms with van der Waals surface area (Å²) in [6.07, 6.45) is 0. The fourth-order valence-corrected chi connectivity index (χ4v) is 2.58. The Bertz CT molecular complexity index is 587. The fraction of sp³-hybridized carbons (Fsp3) is 0. The van der Waals surface area contributed by atoms with Crippen LogP contribution in [0.4, 0.5) is 0 Å². The third-order valence-electron chi connectivity index (χ3n) is 1.54. The van der Waals surface area contributed by atoms with E-state index in [1.54, 1.807) is 0 Å². The molecule has 116 valence electrons. The second-order valence-corrected chi connectivity index (χ2v) is 5.79. The molecule has 10 nitrogen and oxygen atoms in total. The Kier molecular flexibility index (Phi) is 12.7. The first-order valence-corrected chi connectivity index (χ1v) is 6.67. The SMILES string of the molecule is O.O=S(=O)([O-])c1cc(Cl)cc(S(=O)(=O)[O-])c1O.[OH3+].[OH3+].[Pb+2]. The Balaban J connectivity index is -0.000000320. The van der Waals surface area contributed by atoms with E-state index >= 15 is 0 Å². The van der Waals surface area contributed by atoms with Crippen LogP contribution in [0.2, 0.25) is 5.02 Å². The average molecular weight is 550 g/mol. The summed E-state index contributed by atoms with van der Waals surface area (Å²) in [4.78, 5) is -2.51. The van der Waals surface area contributed by atoms with Crippen LogP contribution in [0, 0.1) is 0 Å². The van der Waals surface area contributed by atoms with Crippen molar-refractivity contribution in [3.63, 3.8) is 0 Å². The van der Waals surface area contributed by atoms with Crippen LogP contribution in [0.5, 0.6) is 5.75 Å². The van der Waals surface area contributed by atoms with Crippen LogP contribution in [0.3, 0.4) is 0 Å². The molecule has 0 aliphatic rings. The van der Waals surface area contributed by atoms with Crippen LogP contribution >= 0.6 is 11.6 Å². The second kappa shape index (κ2) is 9.05. The van der Waals surface area contributed by atoms with Gasteiger partial charge < -0.3 is 30.6 Å². The minimum absolute atomic E-state index is 0. The van der Waals surface area contributed by atoms with Crippen molar-refractivity contribution in [2.45, 2.75) is 9.79 Å². The maximum absolute atomic E-state index is 10.6. The van der Waals surface area contributed by atoms with Crippen LogP contribution in [-0.4, -0.2) is 63.8 Å². The minimum Gasteiger partial charge on any atom is -0.744 e. The van der Waals surface area contributed by atoms with Gasteiger partial charge in [-0.15, -0.1) is 0 Å². The number of benzene rings is 1. The van der Waals surface area contributed by atoms with Crippen molar-refractivity contribution in [1.82, 2.24) is 0 Å². The summed E-state index contributed by atoms with van der Waals surface area (Å²) in [5.41, 5.74) is 0. The van der Waals surface area contributed by atoms with E-state index in [1.165, 1.54) is 0 Å². The topological polar surface area (TPSA) is 232 Å². The van der Waals surface area contributed by atoms with E-state index < -0.39 is 40.8 Å². The molecule has 20 heavy (non-hydrogen) atoms. The van der Waals surface area contributed by atoms with Gasteiger partial charge in [0.15, 0.2) is 5.75 Å². The molecule has 0 saturated heterocycles. The third kappa shape index (κ3) is 6.59. The van der Waals surface area contributed by atoms with E-state index in [4.69, 9.17) is 16.7 Å². The summed E-state index contributed by atoms with van der Waals surface area (Å²) in [6.45, 7) is 0. The first kappa shape index (κ1) is 28.1. The van der Waals surface area contributed by atoms with E-state index in [-0.39, 0.29) is 43.7 Å². The van der Waals surface area contributed by atoms with E-state index in [9.17, 15) is 25.9 Å². The van der Waals surface area contributed by atoms with E-state index in [0.29, 0.717) is 12.1 Å². The molecule has 0 bridgehead atoms. The Morgan fingerprint density at radius 2 is 1.20 bits per heavy atom. The molecule has 0 aromatic heterocycles. The number of rotatable bonds is 2. The van der Waals surface area contributed by atoms with Crippen LogP contribution in [0.25, 0.3) is 0 Å². The number of halogens is 1. The molecule has 9 N–H and O–H groups in total. The predicted molar refractivity (Wildman–Crippen MR) is 68.2 cm³/mol. The van der Waals surface area contributed by atoms with E-state index in [2.05, 4.69) is 0 Å². The molecular formula is C6H11ClO10PbS2+2. The molecule has 2 radical (unpaired) electrons. The van der Waals surface area contributed by atoms with Crippen molar-refractivity contribution >= 4 is 59.1 Å². The molecule has 1 aromatic rings. The van der Waals surface area contributed by atoms with Gasteiger partial charge in [0.25, 0.3) is 0 Å². The summed E-state index contributed by atoms with van der Waals surface area (Å²) in [5.74, 6) is -1.42. The molecule has 1 rings (SSSR count). The maximum atomic E-state index is 10.6. The zero-order valence-corrected chi connectivity index (χ0v) is 15.7. The van der Waals surface area contributed by atoms with Crippen LogP contribution in [0.15, 0.2) is 21.9 Å². The summed E-state index contributed by atoms with van der Waals surface area (Å²) in [5, 5.41) is 8.70. The van der Waals surface area contributed by atoms with Crippen molar-refractivity contribution < 1.29 is 47.5 Å². The number of hydrogen-bond acceptors (Lipinski definition) is 7. The minimum atomic E-state index is -5.13. The molecule has 0 aliphatic heterocycles. The third-order valence-corrected chi connectivity index (χ3v) is 3.46. The Morgan fingerprint density at radius 3 is 1.40 bits per heavy atom. The molecule has 0 fully saturated rings. The number of phenols is 1.